The third kappa shape index (κ3) is 4.08. The Morgan fingerprint density at radius 1 is 1.05 bits per heavy atom. The Balaban J connectivity index is 1.86. The second-order valence-electron chi connectivity index (χ2n) is 5.49. The van der Waals surface area contributed by atoms with Crippen molar-refractivity contribution in [2.75, 3.05) is 32.7 Å². The molecular formula is C18H29N3. The van der Waals surface area contributed by atoms with Crippen LogP contribution < -0.4 is 5.32 Å². The van der Waals surface area contributed by atoms with Crippen LogP contribution in [-0.2, 0) is 13.0 Å². The number of hydrogen-bond donors (Lipinski definition) is 1. The van der Waals surface area contributed by atoms with Crippen molar-refractivity contribution < 1.29 is 0 Å². The number of aryl methyl sites for hydroxylation is 1. The van der Waals surface area contributed by atoms with E-state index in [0.717, 1.165) is 45.7 Å². The lowest BCUT2D eigenvalue weighted by Gasteiger charge is -2.18. The molecular weight excluding hydrogens is 258 g/mol. The molecule has 0 spiro atoms. The Kier molecular flexibility index (Phi) is 6.27. The summed E-state index contributed by atoms with van der Waals surface area (Å²) in [6, 6.07) is 8.84. The molecule has 1 aromatic carbocycles. The second kappa shape index (κ2) is 8.20. The van der Waals surface area contributed by atoms with Gasteiger partial charge in [-0.15, -0.1) is 0 Å². The highest BCUT2D eigenvalue weighted by Crippen LogP contribution is 2.20. The molecule has 0 radical (unpaired) electrons. The Bertz CT molecular complexity index is 540. The summed E-state index contributed by atoms with van der Waals surface area (Å²) in [6.07, 6.45) is 3.31. The first-order valence-electron chi connectivity index (χ1n) is 8.29. The summed E-state index contributed by atoms with van der Waals surface area (Å²) in [5, 5.41) is 4.92. The predicted molar refractivity (Wildman–Crippen MR) is 92.0 cm³/mol. The zero-order valence-electron chi connectivity index (χ0n) is 13.7. The number of rotatable bonds is 9. The van der Waals surface area contributed by atoms with Gasteiger partial charge in [-0.1, -0.05) is 39.0 Å². The second-order valence-corrected chi connectivity index (χ2v) is 5.49. The van der Waals surface area contributed by atoms with E-state index in [2.05, 4.69) is 66.0 Å². The number of nitrogens with one attached hydrogen (secondary N) is 1. The van der Waals surface area contributed by atoms with Gasteiger partial charge in [0, 0.05) is 32.4 Å². The summed E-state index contributed by atoms with van der Waals surface area (Å²) in [6.45, 7) is 13.2. The molecule has 1 N–H and O–H groups in total. The fourth-order valence-corrected chi connectivity index (χ4v) is 2.91. The lowest BCUT2D eigenvalue weighted by Crippen LogP contribution is -2.33. The molecule has 3 nitrogen and oxygen atoms in total. The first-order valence-corrected chi connectivity index (χ1v) is 8.29. The molecule has 2 aromatic rings. The third-order valence-corrected chi connectivity index (χ3v) is 4.28. The van der Waals surface area contributed by atoms with Gasteiger partial charge in [-0.05, 0) is 36.5 Å². The molecule has 0 saturated carbocycles. The van der Waals surface area contributed by atoms with Crippen molar-refractivity contribution in [3.05, 3.63) is 36.0 Å². The SMILES string of the molecule is CCc1cccc2ccn(CCNCCN(CC)CC)c12. The number of aromatic nitrogens is 1. The van der Waals surface area contributed by atoms with E-state index in [-0.39, 0.29) is 0 Å². The van der Waals surface area contributed by atoms with Crippen molar-refractivity contribution in [1.29, 1.82) is 0 Å². The lowest BCUT2D eigenvalue weighted by atomic mass is 10.1. The largest absolute Gasteiger partial charge is 0.346 e. The van der Waals surface area contributed by atoms with Gasteiger partial charge < -0.3 is 14.8 Å². The maximum atomic E-state index is 3.56. The van der Waals surface area contributed by atoms with Crippen LogP contribution in [-0.4, -0.2) is 42.2 Å². The molecule has 0 atom stereocenters. The fraction of sp³-hybridized carbons (Fsp3) is 0.556. The lowest BCUT2D eigenvalue weighted by molar-refractivity contribution is 0.302. The van der Waals surface area contributed by atoms with E-state index in [0.29, 0.717) is 0 Å². The summed E-state index contributed by atoms with van der Waals surface area (Å²) in [4.78, 5) is 2.45. The highest BCUT2D eigenvalue weighted by molar-refractivity contribution is 5.83. The van der Waals surface area contributed by atoms with Crippen molar-refractivity contribution in [3.8, 4) is 0 Å². The quantitative estimate of drug-likeness (QED) is 0.715. The number of nitrogens with zero attached hydrogens (tertiary/aromatic N) is 2. The zero-order chi connectivity index (χ0) is 15.1. The van der Waals surface area contributed by atoms with Gasteiger partial charge in [0.25, 0.3) is 0 Å². The molecule has 0 aliphatic carbocycles. The Morgan fingerprint density at radius 3 is 2.57 bits per heavy atom. The van der Waals surface area contributed by atoms with E-state index in [1.54, 1.807) is 0 Å². The monoisotopic (exact) mass is 287 g/mol. The van der Waals surface area contributed by atoms with E-state index in [9.17, 15) is 0 Å². The van der Waals surface area contributed by atoms with Crippen LogP contribution in [0.5, 0.6) is 0 Å². The van der Waals surface area contributed by atoms with Crippen LogP contribution in [0.3, 0.4) is 0 Å². The Hall–Kier alpha value is -1.32. The van der Waals surface area contributed by atoms with Crippen LogP contribution >= 0.6 is 0 Å². The van der Waals surface area contributed by atoms with Gasteiger partial charge in [0.2, 0.25) is 0 Å². The number of fused-ring (bicyclic) bond motifs is 1. The summed E-state index contributed by atoms with van der Waals surface area (Å²) in [5.74, 6) is 0. The predicted octanol–water partition coefficient (Wildman–Crippen LogP) is 3.14. The van der Waals surface area contributed by atoms with Gasteiger partial charge in [0.1, 0.15) is 0 Å². The molecule has 0 amide bonds. The minimum atomic E-state index is 1.03. The summed E-state index contributed by atoms with van der Waals surface area (Å²) in [7, 11) is 0. The first kappa shape index (κ1) is 16.1. The van der Waals surface area contributed by atoms with E-state index >= 15 is 0 Å². The molecule has 0 fully saturated rings. The molecule has 1 aromatic heterocycles. The average molecular weight is 287 g/mol. The standard InChI is InChI=1S/C18H29N3/c1-4-16-8-7-9-17-10-13-21(18(16)17)15-12-19-11-14-20(5-2)6-3/h7-10,13,19H,4-6,11-12,14-15H2,1-3H3. The molecule has 0 aliphatic rings. The Labute approximate surface area is 128 Å². The topological polar surface area (TPSA) is 20.2 Å². The minimum absolute atomic E-state index is 1.03. The molecule has 0 saturated heterocycles. The van der Waals surface area contributed by atoms with Crippen molar-refractivity contribution in [3.63, 3.8) is 0 Å². The van der Waals surface area contributed by atoms with E-state index in [4.69, 9.17) is 0 Å². The van der Waals surface area contributed by atoms with Crippen LogP contribution in [0.15, 0.2) is 30.5 Å². The number of para-hydroxylation sites is 1. The number of hydrogen-bond acceptors (Lipinski definition) is 2. The van der Waals surface area contributed by atoms with Crippen molar-refractivity contribution in [2.45, 2.75) is 33.7 Å². The van der Waals surface area contributed by atoms with Crippen molar-refractivity contribution in [2.24, 2.45) is 0 Å². The van der Waals surface area contributed by atoms with E-state index in [1.165, 1.54) is 16.5 Å². The molecule has 0 bridgehead atoms. The highest BCUT2D eigenvalue weighted by Gasteiger charge is 2.05. The van der Waals surface area contributed by atoms with E-state index in [1.807, 2.05) is 0 Å². The summed E-state index contributed by atoms with van der Waals surface area (Å²) in [5.41, 5.74) is 2.85. The van der Waals surface area contributed by atoms with Crippen molar-refractivity contribution in [1.82, 2.24) is 14.8 Å². The summed E-state index contributed by atoms with van der Waals surface area (Å²) < 4.78 is 2.39. The molecule has 116 valence electrons. The fourth-order valence-electron chi connectivity index (χ4n) is 2.91. The van der Waals surface area contributed by atoms with Crippen LogP contribution in [0.4, 0.5) is 0 Å². The van der Waals surface area contributed by atoms with Gasteiger partial charge in [0.15, 0.2) is 0 Å². The van der Waals surface area contributed by atoms with Crippen LogP contribution in [0.1, 0.15) is 26.3 Å². The van der Waals surface area contributed by atoms with Gasteiger partial charge in [-0.25, -0.2) is 0 Å². The minimum Gasteiger partial charge on any atom is -0.346 e. The zero-order valence-corrected chi connectivity index (χ0v) is 13.7. The maximum Gasteiger partial charge on any atom is 0.0513 e. The van der Waals surface area contributed by atoms with Gasteiger partial charge in [-0.2, -0.15) is 0 Å². The number of benzene rings is 1. The molecule has 2 rings (SSSR count). The van der Waals surface area contributed by atoms with Gasteiger partial charge in [0.05, 0.1) is 5.52 Å². The first-order chi connectivity index (χ1) is 10.3. The van der Waals surface area contributed by atoms with Crippen molar-refractivity contribution >= 4 is 10.9 Å². The van der Waals surface area contributed by atoms with Crippen LogP contribution in [0, 0.1) is 0 Å². The average Bonchev–Trinajstić information content (AvgIpc) is 2.94. The highest BCUT2D eigenvalue weighted by atomic mass is 15.1. The van der Waals surface area contributed by atoms with Crippen LogP contribution in [0.2, 0.25) is 0 Å². The maximum absolute atomic E-state index is 3.56. The summed E-state index contributed by atoms with van der Waals surface area (Å²) >= 11 is 0. The van der Waals surface area contributed by atoms with Crippen LogP contribution in [0.25, 0.3) is 10.9 Å². The van der Waals surface area contributed by atoms with Gasteiger partial charge in [-0.3, -0.25) is 0 Å². The van der Waals surface area contributed by atoms with E-state index < -0.39 is 0 Å². The Morgan fingerprint density at radius 2 is 1.86 bits per heavy atom. The third-order valence-electron chi connectivity index (χ3n) is 4.28. The molecule has 1 heterocycles. The molecule has 0 unspecified atom stereocenters. The normalized spacial score (nSPS) is 11.6. The molecule has 3 heteroatoms. The smallest absolute Gasteiger partial charge is 0.0513 e. The molecule has 0 aliphatic heterocycles. The molecule has 21 heavy (non-hydrogen) atoms. The van der Waals surface area contributed by atoms with Gasteiger partial charge >= 0.3 is 0 Å². The number of likely N-dealkylation sites (N-methyl/N-ethyl adjacent to an activating group) is 1.